The zero-order valence-electron chi connectivity index (χ0n) is 9.76. The molecule has 1 aliphatic rings. The number of ether oxygens (including phenoxy) is 1. The summed E-state index contributed by atoms with van der Waals surface area (Å²) in [5, 5.41) is 0. The number of carbonyl (C=O) groups excluding carboxylic acids is 2. The van der Waals surface area contributed by atoms with Crippen molar-refractivity contribution in [2.45, 2.75) is 44.9 Å². The predicted molar refractivity (Wildman–Crippen MR) is 70.7 cm³/mol. The second kappa shape index (κ2) is 6.57. The Labute approximate surface area is 110 Å². The summed E-state index contributed by atoms with van der Waals surface area (Å²) in [7, 11) is 1.38. The molecule has 92 valence electrons. The molecule has 1 atom stereocenters. The molecule has 0 radical (unpaired) electrons. The van der Waals surface area contributed by atoms with E-state index < -0.39 is 5.41 Å². The number of Topliss-reactive ketones (excluding diaryl/α,β-unsaturated/α-hetero) is 1. The van der Waals surface area contributed by atoms with Crippen LogP contribution in [-0.4, -0.2) is 23.3 Å². The van der Waals surface area contributed by atoms with Crippen LogP contribution >= 0.6 is 22.6 Å². The van der Waals surface area contributed by atoms with Crippen LogP contribution < -0.4 is 0 Å². The van der Waals surface area contributed by atoms with E-state index in [0.29, 0.717) is 19.3 Å². The number of hydrogen-bond donors (Lipinski definition) is 0. The van der Waals surface area contributed by atoms with Crippen molar-refractivity contribution in [3.05, 3.63) is 0 Å². The molecule has 0 spiro atoms. The van der Waals surface area contributed by atoms with Crippen molar-refractivity contribution in [3.63, 3.8) is 0 Å². The Hall–Kier alpha value is -0.130. The number of hydrogen-bond acceptors (Lipinski definition) is 3. The first-order valence-corrected chi connectivity index (χ1v) is 7.37. The molecule has 0 aromatic heterocycles. The summed E-state index contributed by atoms with van der Waals surface area (Å²) in [6.45, 7) is 0. The van der Waals surface area contributed by atoms with E-state index in [4.69, 9.17) is 4.74 Å². The number of methoxy groups -OCH3 is 1. The largest absolute Gasteiger partial charge is 0.468 e. The fraction of sp³-hybridized carbons (Fsp3) is 0.833. The molecule has 0 amide bonds. The third kappa shape index (κ3) is 2.96. The maximum Gasteiger partial charge on any atom is 0.319 e. The molecule has 3 nitrogen and oxygen atoms in total. The van der Waals surface area contributed by atoms with Crippen LogP contribution in [0.4, 0.5) is 0 Å². The van der Waals surface area contributed by atoms with Gasteiger partial charge in [-0.25, -0.2) is 0 Å². The average Bonchev–Trinajstić information content (AvgIpc) is 2.31. The second-order valence-corrected chi connectivity index (χ2v) is 5.43. The molecule has 0 aliphatic heterocycles. The molecule has 0 N–H and O–H groups in total. The molecule has 0 bridgehead atoms. The first-order chi connectivity index (χ1) is 7.67. The Morgan fingerprint density at radius 1 is 1.44 bits per heavy atom. The third-order valence-electron chi connectivity index (χ3n) is 3.35. The second-order valence-electron chi connectivity index (χ2n) is 4.35. The summed E-state index contributed by atoms with van der Waals surface area (Å²) in [6, 6.07) is 0. The van der Waals surface area contributed by atoms with Gasteiger partial charge in [0.15, 0.2) is 0 Å². The van der Waals surface area contributed by atoms with Crippen molar-refractivity contribution >= 4 is 34.3 Å². The average molecular weight is 338 g/mol. The summed E-state index contributed by atoms with van der Waals surface area (Å²) >= 11 is 2.32. The molecule has 0 aromatic carbocycles. The minimum atomic E-state index is -0.807. The van der Waals surface area contributed by atoms with E-state index in [-0.39, 0.29) is 11.8 Å². The molecule has 0 saturated heterocycles. The summed E-state index contributed by atoms with van der Waals surface area (Å²) in [4.78, 5) is 23.9. The zero-order chi connectivity index (χ0) is 12.0. The number of carbonyl (C=O) groups is 2. The van der Waals surface area contributed by atoms with Crippen molar-refractivity contribution in [2.75, 3.05) is 11.5 Å². The molecule has 0 heterocycles. The van der Waals surface area contributed by atoms with E-state index >= 15 is 0 Å². The van der Waals surface area contributed by atoms with Gasteiger partial charge in [-0.15, -0.1) is 0 Å². The van der Waals surface area contributed by atoms with E-state index in [1.807, 2.05) is 0 Å². The van der Waals surface area contributed by atoms with E-state index in [9.17, 15) is 9.59 Å². The quantitative estimate of drug-likeness (QED) is 0.255. The van der Waals surface area contributed by atoms with Gasteiger partial charge in [-0.05, 0) is 30.1 Å². The minimum Gasteiger partial charge on any atom is -0.468 e. The lowest BCUT2D eigenvalue weighted by atomic mass is 9.70. The first-order valence-electron chi connectivity index (χ1n) is 5.85. The number of esters is 1. The van der Waals surface area contributed by atoms with Crippen LogP contribution in [0.15, 0.2) is 0 Å². The van der Waals surface area contributed by atoms with Crippen LogP contribution in [0, 0.1) is 5.41 Å². The SMILES string of the molecule is COC(=O)C1(CCCCI)CCCCC1=O. The van der Waals surface area contributed by atoms with Crippen LogP contribution in [0.25, 0.3) is 0 Å². The van der Waals surface area contributed by atoms with E-state index in [1.165, 1.54) is 7.11 Å². The predicted octanol–water partition coefficient (Wildman–Crippen LogP) is 2.89. The van der Waals surface area contributed by atoms with Crippen molar-refractivity contribution in [1.29, 1.82) is 0 Å². The van der Waals surface area contributed by atoms with Crippen LogP contribution in [0.1, 0.15) is 44.9 Å². The highest BCUT2D eigenvalue weighted by molar-refractivity contribution is 14.1. The normalized spacial score (nSPS) is 25.5. The Morgan fingerprint density at radius 3 is 2.75 bits per heavy atom. The van der Waals surface area contributed by atoms with Gasteiger partial charge in [0.25, 0.3) is 0 Å². The molecule has 16 heavy (non-hydrogen) atoms. The van der Waals surface area contributed by atoms with Crippen molar-refractivity contribution < 1.29 is 14.3 Å². The standard InChI is InChI=1S/C12H19IO3/c1-16-11(15)12(8-4-5-9-13)7-3-2-6-10(12)14/h2-9H2,1H3. The van der Waals surface area contributed by atoms with Gasteiger partial charge in [0.1, 0.15) is 11.2 Å². The molecular weight excluding hydrogens is 319 g/mol. The van der Waals surface area contributed by atoms with Gasteiger partial charge in [0.05, 0.1) is 7.11 Å². The third-order valence-corrected chi connectivity index (χ3v) is 4.12. The summed E-state index contributed by atoms with van der Waals surface area (Å²) < 4.78 is 5.91. The molecule has 1 aliphatic carbocycles. The highest BCUT2D eigenvalue weighted by Gasteiger charge is 2.46. The van der Waals surface area contributed by atoms with Crippen molar-refractivity contribution in [2.24, 2.45) is 5.41 Å². The lowest BCUT2D eigenvalue weighted by molar-refractivity contribution is -0.160. The summed E-state index contributed by atoms with van der Waals surface area (Å²) in [5.41, 5.74) is -0.807. The molecule has 1 rings (SSSR count). The van der Waals surface area contributed by atoms with E-state index in [1.54, 1.807) is 0 Å². The number of unbranched alkanes of at least 4 members (excludes halogenated alkanes) is 1. The fourth-order valence-corrected chi connectivity index (χ4v) is 2.93. The Balaban J connectivity index is 2.74. The van der Waals surface area contributed by atoms with Crippen molar-refractivity contribution in [1.82, 2.24) is 0 Å². The Kier molecular flexibility index (Phi) is 5.72. The van der Waals surface area contributed by atoms with Crippen LogP contribution in [0.5, 0.6) is 0 Å². The van der Waals surface area contributed by atoms with Gasteiger partial charge < -0.3 is 4.74 Å². The number of rotatable bonds is 5. The highest BCUT2D eigenvalue weighted by Crippen LogP contribution is 2.39. The molecule has 0 aromatic rings. The maximum absolute atomic E-state index is 12.0. The monoisotopic (exact) mass is 338 g/mol. The van der Waals surface area contributed by atoms with Crippen molar-refractivity contribution in [3.8, 4) is 0 Å². The Morgan fingerprint density at radius 2 is 2.19 bits per heavy atom. The van der Waals surface area contributed by atoms with Gasteiger partial charge in [-0.2, -0.15) is 0 Å². The zero-order valence-corrected chi connectivity index (χ0v) is 11.9. The molecule has 1 saturated carbocycles. The van der Waals surface area contributed by atoms with Gasteiger partial charge in [0.2, 0.25) is 0 Å². The smallest absolute Gasteiger partial charge is 0.319 e. The van der Waals surface area contributed by atoms with Gasteiger partial charge in [-0.1, -0.05) is 35.4 Å². The fourth-order valence-electron chi connectivity index (χ4n) is 2.39. The van der Waals surface area contributed by atoms with Crippen LogP contribution in [-0.2, 0) is 14.3 Å². The minimum absolute atomic E-state index is 0.0964. The van der Waals surface area contributed by atoms with Gasteiger partial charge in [-0.3, -0.25) is 9.59 Å². The lowest BCUT2D eigenvalue weighted by Crippen LogP contribution is -2.42. The number of alkyl halides is 1. The van der Waals surface area contributed by atoms with Crippen LogP contribution in [0.2, 0.25) is 0 Å². The van der Waals surface area contributed by atoms with Crippen LogP contribution in [0.3, 0.4) is 0 Å². The first kappa shape index (κ1) is 13.9. The maximum atomic E-state index is 12.0. The summed E-state index contributed by atoms with van der Waals surface area (Å²) in [6.07, 6.45) is 5.77. The van der Waals surface area contributed by atoms with E-state index in [0.717, 1.165) is 30.1 Å². The molecule has 4 heteroatoms. The topological polar surface area (TPSA) is 43.4 Å². The number of halogens is 1. The van der Waals surface area contributed by atoms with Gasteiger partial charge in [0, 0.05) is 6.42 Å². The molecule has 1 unspecified atom stereocenters. The molecular formula is C12H19IO3. The molecule has 1 fully saturated rings. The highest BCUT2D eigenvalue weighted by atomic mass is 127. The lowest BCUT2D eigenvalue weighted by Gasteiger charge is -2.32. The summed E-state index contributed by atoms with van der Waals surface area (Å²) in [5.74, 6) is -0.218. The number of ketones is 1. The van der Waals surface area contributed by atoms with E-state index in [2.05, 4.69) is 22.6 Å². The van der Waals surface area contributed by atoms with Gasteiger partial charge >= 0.3 is 5.97 Å². The Bertz CT molecular complexity index is 255.